The highest BCUT2D eigenvalue weighted by Gasteiger charge is 2.19. The summed E-state index contributed by atoms with van der Waals surface area (Å²) >= 11 is 0. The second-order valence-corrected chi connectivity index (χ2v) is 17.7. The van der Waals surface area contributed by atoms with Gasteiger partial charge < -0.3 is 14.2 Å². The zero-order valence-electron chi connectivity index (χ0n) is 44.7. The predicted octanol–water partition coefficient (Wildman–Crippen LogP) is 18.8. The Kier molecular flexibility index (Phi) is 53.0. The van der Waals surface area contributed by atoms with Crippen molar-refractivity contribution >= 4 is 17.9 Å². The van der Waals surface area contributed by atoms with Crippen LogP contribution < -0.4 is 0 Å². The van der Waals surface area contributed by atoms with E-state index in [-0.39, 0.29) is 38.0 Å². The average molecular weight is 965 g/mol. The highest BCUT2D eigenvalue weighted by atomic mass is 16.6. The van der Waals surface area contributed by atoms with Gasteiger partial charge >= 0.3 is 17.9 Å². The Hall–Kier alpha value is -4.71. The van der Waals surface area contributed by atoms with Gasteiger partial charge in [-0.05, 0) is 122 Å². The molecular weight excluding hydrogens is 865 g/mol. The zero-order valence-corrected chi connectivity index (χ0v) is 44.7. The molecule has 6 nitrogen and oxygen atoms in total. The standard InChI is InChI=1S/C64H100O6/c1-4-7-10-13-16-19-22-25-28-31-32-34-36-39-42-45-48-51-54-57-63(66)69-60-61(59-68-62(65)56-53-50-47-44-41-38-35-30-27-24-21-18-15-12-9-6-3)70-64(67)58-55-52-49-46-43-40-37-33-29-26-23-20-17-14-11-8-5-2/h7,9-10,12,16-21,25-30,37-38,40-41,46-47,49-50,61H,4-6,8,11,13-15,22-24,31-36,39,42-45,48,51-60H2,1-3H3/b10-7-,12-9-,19-16-,20-17-,21-18-,28-25-,29-26-,30-27-,40-37-,41-38-,49-46-,50-47-. The number of rotatable bonds is 48. The maximum absolute atomic E-state index is 12.8. The minimum Gasteiger partial charge on any atom is -0.462 e. The second kappa shape index (κ2) is 56.9. The van der Waals surface area contributed by atoms with Crippen molar-refractivity contribution in [1.29, 1.82) is 0 Å². The molecule has 0 heterocycles. The summed E-state index contributed by atoms with van der Waals surface area (Å²) in [6.45, 7) is 6.26. The maximum Gasteiger partial charge on any atom is 0.306 e. The summed E-state index contributed by atoms with van der Waals surface area (Å²) in [5.74, 6) is -1.09. The van der Waals surface area contributed by atoms with Crippen molar-refractivity contribution in [2.45, 2.75) is 226 Å². The lowest BCUT2D eigenvalue weighted by Gasteiger charge is -2.18. The van der Waals surface area contributed by atoms with Gasteiger partial charge in [0.15, 0.2) is 6.10 Å². The number of carbonyl (C=O) groups excluding carboxylic acids is 3. The quantitative estimate of drug-likeness (QED) is 0.0262. The normalized spacial score (nSPS) is 13.2. The van der Waals surface area contributed by atoms with Crippen molar-refractivity contribution in [1.82, 2.24) is 0 Å². The molecule has 6 heteroatoms. The molecule has 1 unspecified atom stereocenters. The first-order valence-electron chi connectivity index (χ1n) is 27.8. The molecule has 1 atom stereocenters. The third-order valence-electron chi connectivity index (χ3n) is 11.1. The predicted molar refractivity (Wildman–Crippen MR) is 302 cm³/mol. The zero-order chi connectivity index (χ0) is 50.7. The molecule has 0 amide bonds. The Morgan fingerprint density at radius 2 is 0.600 bits per heavy atom. The van der Waals surface area contributed by atoms with Gasteiger partial charge in [0.25, 0.3) is 0 Å². The van der Waals surface area contributed by atoms with Gasteiger partial charge in [-0.2, -0.15) is 0 Å². The first-order chi connectivity index (χ1) is 34.5. The lowest BCUT2D eigenvalue weighted by atomic mass is 10.1. The van der Waals surface area contributed by atoms with Crippen LogP contribution in [0.1, 0.15) is 220 Å². The molecule has 0 aromatic rings. The van der Waals surface area contributed by atoms with E-state index >= 15 is 0 Å². The molecule has 0 aliphatic rings. The van der Waals surface area contributed by atoms with Gasteiger partial charge in [0.2, 0.25) is 0 Å². The number of ether oxygens (including phenoxy) is 3. The first-order valence-corrected chi connectivity index (χ1v) is 27.8. The molecule has 0 aromatic carbocycles. The van der Waals surface area contributed by atoms with Crippen LogP contribution in [0.2, 0.25) is 0 Å². The molecule has 70 heavy (non-hydrogen) atoms. The number of hydrogen-bond acceptors (Lipinski definition) is 6. The Balaban J connectivity index is 4.59. The Labute approximate surface area is 429 Å². The molecule has 0 radical (unpaired) electrons. The number of unbranched alkanes of at least 4 members (excludes halogenated alkanes) is 13. The molecule has 0 aromatic heterocycles. The van der Waals surface area contributed by atoms with Gasteiger partial charge in [-0.3, -0.25) is 14.4 Å². The summed E-state index contributed by atoms with van der Waals surface area (Å²) in [5.41, 5.74) is 0. The van der Waals surface area contributed by atoms with Crippen LogP contribution in [0.25, 0.3) is 0 Å². The third-order valence-corrected chi connectivity index (χ3v) is 11.1. The van der Waals surface area contributed by atoms with Gasteiger partial charge in [-0.1, -0.05) is 224 Å². The molecule has 0 aliphatic carbocycles. The molecule has 0 N–H and O–H groups in total. The number of hydrogen-bond donors (Lipinski definition) is 0. The topological polar surface area (TPSA) is 78.9 Å². The second-order valence-electron chi connectivity index (χ2n) is 17.7. The van der Waals surface area contributed by atoms with Crippen molar-refractivity contribution < 1.29 is 28.6 Å². The number of esters is 3. The van der Waals surface area contributed by atoms with E-state index in [0.717, 1.165) is 103 Å². The highest BCUT2D eigenvalue weighted by Crippen LogP contribution is 2.13. The van der Waals surface area contributed by atoms with E-state index in [2.05, 4.69) is 154 Å². The van der Waals surface area contributed by atoms with E-state index in [1.165, 1.54) is 64.2 Å². The van der Waals surface area contributed by atoms with Crippen molar-refractivity contribution in [3.05, 3.63) is 146 Å². The summed E-state index contributed by atoms with van der Waals surface area (Å²) in [5, 5.41) is 0. The Bertz CT molecular complexity index is 1580. The lowest BCUT2D eigenvalue weighted by molar-refractivity contribution is -0.166. The molecule has 0 bridgehead atoms. The van der Waals surface area contributed by atoms with Crippen LogP contribution in [-0.4, -0.2) is 37.2 Å². The smallest absolute Gasteiger partial charge is 0.306 e. The van der Waals surface area contributed by atoms with Crippen LogP contribution in [0, 0.1) is 0 Å². The van der Waals surface area contributed by atoms with Crippen LogP contribution in [0.5, 0.6) is 0 Å². The van der Waals surface area contributed by atoms with Gasteiger partial charge in [0.1, 0.15) is 13.2 Å². The van der Waals surface area contributed by atoms with Crippen molar-refractivity contribution in [2.75, 3.05) is 13.2 Å². The largest absolute Gasteiger partial charge is 0.462 e. The van der Waals surface area contributed by atoms with Crippen LogP contribution in [0.15, 0.2) is 146 Å². The van der Waals surface area contributed by atoms with E-state index in [9.17, 15) is 14.4 Å². The van der Waals surface area contributed by atoms with E-state index in [1.54, 1.807) is 0 Å². The van der Waals surface area contributed by atoms with Crippen LogP contribution in [-0.2, 0) is 28.6 Å². The molecule has 0 saturated heterocycles. The third kappa shape index (κ3) is 54.2. The first kappa shape index (κ1) is 65.3. The average Bonchev–Trinajstić information content (AvgIpc) is 3.36. The molecule has 0 fully saturated rings. The molecule has 392 valence electrons. The molecule has 0 aliphatic heterocycles. The minimum absolute atomic E-state index is 0.131. The summed E-state index contributed by atoms with van der Waals surface area (Å²) in [7, 11) is 0. The van der Waals surface area contributed by atoms with Crippen LogP contribution in [0.3, 0.4) is 0 Å². The summed E-state index contributed by atoms with van der Waals surface area (Å²) in [6, 6.07) is 0. The van der Waals surface area contributed by atoms with Crippen molar-refractivity contribution in [3.8, 4) is 0 Å². The van der Waals surface area contributed by atoms with E-state index in [1.807, 2.05) is 12.2 Å². The van der Waals surface area contributed by atoms with E-state index < -0.39 is 12.1 Å². The Morgan fingerprint density at radius 3 is 1.00 bits per heavy atom. The van der Waals surface area contributed by atoms with E-state index in [4.69, 9.17) is 14.2 Å². The summed E-state index contributed by atoms with van der Waals surface area (Å²) in [6.07, 6.45) is 81.4. The fourth-order valence-corrected chi connectivity index (χ4v) is 6.97. The highest BCUT2D eigenvalue weighted by molar-refractivity contribution is 5.71. The van der Waals surface area contributed by atoms with Gasteiger partial charge in [-0.15, -0.1) is 0 Å². The van der Waals surface area contributed by atoms with Gasteiger partial charge in [0, 0.05) is 19.3 Å². The summed E-state index contributed by atoms with van der Waals surface area (Å²) in [4.78, 5) is 38.1. The maximum atomic E-state index is 12.8. The SMILES string of the molecule is CC/C=C\C/C=C\C/C=C\C/C=C\C/C=C\CCC(=O)OCC(COC(=O)CCCCCCCCCCC/C=C\C/C=C\C/C=C\CC)OC(=O)CCC/C=C\C/C=C\C/C=C\C/C=C\CCCCC. The fourth-order valence-electron chi connectivity index (χ4n) is 6.97. The van der Waals surface area contributed by atoms with Gasteiger partial charge in [-0.25, -0.2) is 0 Å². The van der Waals surface area contributed by atoms with Crippen LogP contribution in [0.4, 0.5) is 0 Å². The lowest BCUT2D eigenvalue weighted by Crippen LogP contribution is -2.30. The minimum atomic E-state index is -0.846. The van der Waals surface area contributed by atoms with Gasteiger partial charge in [0.05, 0.1) is 0 Å². The Morgan fingerprint density at radius 1 is 0.300 bits per heavy atom. The number of allylic oxidation sites excluding steroid dienone is 24. The fraction of sp³-hybridized carbons (Fsp3) is 0.578. The molecule has 0 spiro atoms. The van der Waals surface area contributed by atoms with Crippen molar-refractivity contribution in [3.63, 3.8) is 0 Å². The van der Waals surface area contributed by atoms with Crippen molar-refractivity contribution in [2.24, 2.45) is 0 Å². The summed E-state index contributed by atoms with van der Waals surface area (Å²) < 4.78 is 16.7. The molecular formula is C64H100O6. The monoisotopic (exact) mass is 965 g/mol. The van der Waals surface area contributed by atoms with Crippen LogP contribution >= 0.6 is 0 Å². The molecule has 0 rings (SSSR count). The molecule has 0 saturated carbocycles. The van der Waals surface area contributed by atoms with E-state index in [0.29, 0.717) is 19.3 Å². The number of carbonyl (C=O) groups is 3.